The molecule has 2 aromatic carbocycles. The van der Waals surface area contributed by atoms with Crippen molar-refractivity contribution in [3.05, 3.63) is 59.9 Å². The van der Waals surface area contributed by atoms with Crippen LogP contribution < -0.4 is 16.0 Å². The third-order valence-corrected chi connectivity index (χ3v) is 3.71. The van der Waals surface area contributed by atoms with Crippen molar-refractivity contribution in [2.75, 3.05) is 12.4 Å². The summed E-state index contributed by atoms with van der Waals surface area (Å²) in [6.45, 7) is 0.446. The molecule has 0 saturated heterocycles. The third-order valence-electron chi connectivity index (χ3n) is 2.69. The van der Waals surface area contributed by atoms with Gasteiger partial charge in [-0.1, -0.05) is 12.1 Å². The Morgan fingerprint density at radius 2 is 1.90 bits per heavy atom. The van der Waals surface area contributed by atoms with Gasteiger partial charge in [0.25, 0.3) is 5.91 Å². The number of nitrogens with two attached hydrogens (primary N) is 1. The van der Waals surface area contributed by atoms with Crippen molar-refractivity contribution in [2.24, 2.45) is 5.84 Å². The maximum atomic E-state index is 13.4. The molecule has 0 saturated carbocycles. The summed E-state index contributed by atoms with van der Waals surface area (Å²) in [6, 6.07) is 13.3. The minimum atomic E-state index is -0.350. The number of carbonyl (C=O) groups excluding carboxylic acids is 1. The minimum absolute atomic E-state index is 0.223. The summed E-state index contributed by atoms with van der Waals surface area (Å²) in [4.78, 5) is 11.9. The first-order chi connectivity index (χ1) is 10.2. The second-order valence-corrected chi connectivity index (χ2v) is 5.26. The fourth-order valence-corrected chi connectivity index (χ4v) is 2.43. The zero-order chi connectivity index (χ0) is 15.1. The molecule has 0 fully saturated rings. The Kier molecular flexibility index (Phi) is 5.59. The number of thioether (sulfide) groups is 1. The van der Waals surface area contributed by atoms with Crippen molar-refractivity contribution in [2.45, 2.75) is 4.90 Å². The summed E-state index contributed by atoms with van der Waals surface area (Å²) in [7, 11) is 0. The highest BCUT2D eigenvalue weighted by molar-refractivity contribution is 7.99. The monoisotopic (exact) mass is 306 g/mol. The Morgan fingerprint density at radius 1 is 1.19 bits per heavy atom. The van der Waals surface area contributed by atoms with E-state index < -0.39 is 0 Å². The van der Waals surface area contributed by atoms with Crippen LogP contribution in [0.5, 0.6) is 5.75 Å². The molecule has 0 spiro atoms. The summed E-state index contributed by atoms with van der Waals surface area (Å²) in [5, 5.41) is 0. The molecule has 21 heavy (non-hydrogen) atoms. The molecule has 3 N–H and O–H groups in total. The summed E-state index contributed by atoms with van der Waals surface area (Å²) in [6.07, 6.45) is 0. The van der Waals surface area contributed by atoms with Crippen LogP contribution in [0.2, 0.25) is 0 Å². The predicted octanol–water partition coefficient (Wildman–Crippen LogP) is 2.60. The van der Waals surface area contributed by atoms with Crippen LogP contribution in [0.3, 0.4) is 0 Å². The van der Waals surface area contributed by atoms with Crippen molar-refractivity contribution >= 4 is 17.7 Å². The van der Waals surface area contributed by atoms with Gasteiger partial charge in [0.05, 0.1) is 6.61 Å². The SMILES string of the molecule is NNC(=O)c1ccc(OCCSc2ccccc2F)cc1. The normalized spacial score (nSPS) is 10.2. The summed E-state index contributed by atoms with van der Waals surface area (Å²) in [5.41, 5.74) is 2.52. The molecule has 4 nitrogen and oxygen atoms in total. The number of hydrazine groups is 1. The lowest BCUT2D eigenvalue weighted by Crippen LogP contribution is -2.29. The zero-order valence-electron chi connectivity index (χ0n) is 11.2. The maximum Gasteiger partial charge on any atom is 0.265 e. The van der Waals surface area contributed by atoms with Crippen LogP contribution in [0.1, 0.15) is 10.4 Å². The van der Waals surface area contributed by atoms with Crippen LogP contribution in [0.25, 0.3) is 0 Å². The molecule has 0 bridgehead atoms. The summed E-state index contributed by atoms with van der Waals surface area (Å²) < 4.78 is 18.9. The molecule has 2 rings (SSSR count). The van der Waals surface area contributed by atoms with E-state index in [-0.39, 0.29) is 11.7 Å². The van der Waals surface area contributed by atoms with E-state index in [1.165, 1.54) is 17.8 Å². The molecule has 0 unspecified atom stereocenters. The fourth-order valence-electron chi connectivity index (χ4n) is 1.66. The number of benzene rings is 2. The molecule has 1 amide bonds. The van der Waals surface area contributed by atoms with Gasteiger partial charge in [0.2, 0.25) is 0 Å². The van der Waals surface area contributed by atoms with Gasteiger partial charge >= 0.3 is 0 Å². The molecule has 0 aliphatic heterocycles. The van der Waals surface area contributed by atoms with Gasteiger partial charge in [-0.3, -0.25) is 10.2 Å². The number of amides is 1. The average molecular weight is 306 g/mol. The molecule has 2 aromatic rings. The number of nitrogen functional groups attached to an aromatic ring is 1. The Balaban J connectivity index is 1.79. The highest BCUT2D eigenvalue weighted by Gasteiger charge is 2.04. The second kappa shape index (κ2) is 7.66. The van der Waals surface area contributed by atoms with E-state index in [2.05, 4.69) is 5.43 Å². The lowest BCUT2D eigenvalue weighted by atomic mass is 10.2. The molecule has 0 aromatic heterocycles. The molecule has 0 heterocycles. The second-order valence-electron chi connectivity index (χ2n) is 4.13. The van der Waals surface area contributed by atoms with E-state index in [0.29, 0.717) is 28.6 Å². The largest absolute Gasteiger partial charge is 0.493 e. The minimum Gasteiger partial charge on any atom is -0.493 e. The molecular weight excluding hydrogens is 291 g/mol. The average Bonchev–Trinajstić information content (AvgIpc) is 2.53. The van der Waals surface area contributed by atoms with Crippen LogP contribution in [0, 0.1) is 5.82 Å². The van der Waals surface area contributed by atoms with Gasteiger partial charge in [-0.15, -0.1) is 11.8 Å². The van der Waals surface area contributed by atoms with Crippen molar-refractivity contribution in [3.8, 4) is 5.75 Å². The zero-order valence-corrected chi connectivity index (χ0v) is 12.0. The van der Waals surface area contributed by atoms with E-state index >= 15 is 0 Å². The molecule has 0 aliphatic carbocycles. The van der Waals surface area contributed by atoms with Gasteiger partial charge in [-0.2, -0.15) is 0 Å². The Morgan fingerprint density at radius 3 is 2.57 bits per heavy atom. The van der Waals surface area contributed by atoms with Gasteiger partial charge < -0.3 is 4.74 Å². The Bertz CT molecular complexity index is 605. The first-order valence-electron chi connectivity index (χ1n) is 6.32. The van der Waals surface area contributed by atoms with Crippen LogP contribution in [0.4, 0.5) is 4.39 Å². The van der Waals surface area contributed by atoms with Crippen LogP contribution in [-0.2, 0) is 0 Å². The van der Waals surface area contributed by atoms with Crippen molar-refractivity contribution in [3.63, 3.8) is 0 Å². The highest BCUT2D eigenvalue weighted by Crippen LogP contribution is 2.21. The number of rotatable bonds is 6. The van der Waals surface area contributed by atoms with Crippen molar-refractivity contribution in [1.29, 1.82) is 0 Å². The van der Waals surface area contributed by atoms with Gasteiger partial charge in [0, 0.05) is 16.2 Å². The topological polar surface area (TPSA) is 64.3 Å². The number of halogens is 1. The van der Waals surface area contributed by atoms with Crippen molar-refractivity contribution in [1.82, 2.24) is 5.43 Å². The fraction of sp³-hybridized carbons (Fsp3) is 0.133. The highest BCUT2D eigenvalue weighted by atomic mass is 32.2. The standard InChI is InChI=1S/C15H15FN2O2S/c16-13-3-1-2-4-14(13)21-10-9-20-12-7-5-11(6-8-12)15(19)18-17/h1-8H,9-10,17H2,(H,18,19). The molecule has 0 radical (unpaired) electrons. The Labute approximate surface area is 126 Å². The van der Waals surface area contributed by atoms with Crippen LogP contribution in [-0.4, -0.2) is 18.3 Å². The Hall–Kier alpha value is -2.05. The van der Waals surface area contributed by atoms with E-state index in [9.17, 15) is 9.18 Å². The molecule has 6 heteroatoms. The molecule has 0 aliphatic rings. The van der Waals surface area contributed by atoms with Gasteiger partial charge in [0.1, 0.15) is 11.6 Å². The summed E-state index contributed by atoms with van der Waals surface area (Å²) in [5.74, 6) is 5.75. The number of hydrogen-bond donors (Lipinski definition) is 2. The number of nitrogens with one attached hydrogen (secondary N) is 1. The van der Waals surface area contributed by atoms with Gasteiger partial charge in [-0.25, -0.2) is 10.2 Å². The smallest absolute Gasteiger partial charge is 0.265 e. The quantitative estimate of drug-likeness (QED) is 0.283. The van der Waals surface area contributed by atoms with Crippen molar-refractivity contribution < 1.29 is 13.9 Å². The van der Waals surface area contributed by atoms with E-state index in [4.69, 9.17) is 10.6 Å². The molecular formula is C15H15FN2O2S. The summed E-state index contributed by atoms with van der Waals surface area (Å²) >= 11 is 1.40. The van der Waals surface area contributed by atoms with E-state index in [1.54, 1.807) is 42.5 Å². The third kappa shape index (κ3) is 4.47. The molecule has 110 valence electrons. The number of ether oxygens (including phenoxy) is 1. The van der Waals surface area contributed by atoms with Crippen LogP contribution >= 0.6 is 11.8 Å². The van der Waals surface area contributed by atoms with Gasteiger partial charge in [0.15, 0.2) is 0 Å². The van der Waals surface area contributed by atoms with E-state index in [1.807, 2.05) is 0 Å². The predicted molar refractivity (Wildman–Crippen MR) is 80.7 cm³/mol. The lowest BCUT2D eigenvalue weighted by Gasteiger charge is -2.07. The van der Waals surface area contributed by atoms with Gasteiger partial charge in [-0.05, 0) is 36.4 Å². The lowest BCUT2D eigenvalue weighted by molar-refractivity contribution is 0.0953. The molecule has 0 atom stereocenters. The number of hydrogen-bond acceptors (Lipinski definition) is 4. The maximum absolute atomic E-state index is 13.4. The van der Waals surface area contributed by atoms with E-state index in [0.717, 1.165) is 0 Å². The van der Waals surface area contributed by atoms with Crippen LogP contribution in [0.15, 0.2) is 53.4 Å². The first-order valence-corrected chi connectivity index (χ1v) is 7.30. The number of carbonyl (C=O) groups is 1. The first kappa shape index (κ1) is 15.3.